The molecule has 0 heterocycles. The lowest BCUT2D eigenvalue weighted by molar-refractivity contribution is 0.151. The molecule has 1 aromatic rings. The summed E-state index contributed by atoms with van der Waals surface area (Å²) >= 11 is 0. The Kier molecular flexibility index (Phi) is 5.77. The number of amides is 1. The van der Waals surface area contributed by atoms with Crippen LogP contribution in [0.2, 0.25) is 0 Å². The molecule has 0 saturated carbocycles. The molecular weight excluding hydrogens is 230 g/mol. The summed E-state index contributed by atoms with van der Waals surface area (Å²) in [6.07, 6.45) is 1.36. The van der Waals surface area contributed by atoms with Gasteiger partial charge in [-0.2, -0.15) is 0 Å². The first-order valence-corrected chi connectivity index (χ1v) is 5.98. The molecule has 4 nitrogen and oxygen atoms in total. The van der Waals surface area contributed by atoms with Gasteiger partial charge in [-0.25, -0.2) is 4.79 Å². The molecule has 1 N–H and O–H groups in total. The molecule has 4 heteroatoms. The Morgan fingerprint density at radius 2 is 2.11 bits per heavy atom. The maximum Gasteiger partial charge on any atom is 0.407 e. The highest BCUT2D eigenvalue weighted by molar-refractivity contribution is 5.65. The highest BCUT2D eigenvalue weighted by atomic mass is 16.5. The van der Waals surface area contributed by atoms with Crippen molar-refractivity contribution in [1.82, 2.24) is 4.90 Å². The number of ether oxygens (including phenoxy) is 1. The van der Waals surface area contributed by atoms with Crippen LogP contribution in [0.15, 0.2) is 36.9 Å². The number of carboxylic acid groups (broad SMARTS) is 1. The Bertz CT molecular complexity index is 387. The van der Waals surface area contributed by atoms with Gasteiger partial charge in [0.2, 0.25) is 0 Å². The van der Waals surface area contributed by atoms with Crippen molar-refractivity contribution in [2.45, 2.75) is 13.3 Å². The number of rotatable bonds is 7. The third-order valence-corrected chi connectivity index (χ3v) is 2.52. The summed E-state index contributed by atoms with van der Waals surface area (Å²) in [6, 6.07) is 7.72. The highest BCUT2D eigenvalue weighted by Gasteiger charge is 2.09. The first kappa shape index (κ1) is 14.1. The molecule has 1 amide bonds. The second-order valence-corrected chi connectivity index (χ2v) is 3.84. The lowest BCUT2D eigenvalue weighted by Crippen LogP contribution is -2.31. The van der Waals surface area contributed by atoms with E-state index in [9.17, 15) is 4.79 Å². The molecule has 0 radical (unpaired) electrons. The van der Waals surface area contributed by atoms with Crippen molar-refractivity contribution >= 4 is 6.09 Å². The normalized spacial score (nSPS) is 9.83. The number of hydrogen-bond donors (Lipinski definition) is 1. The van der Waals surface area contributed by atoms with Gasteiger partial charge in [0.1, 0.15) is 5.75 Å². The quantitative estimate of drug-likeness (QED) is 0.756. The Morgan fingerprint density at radius 3 is 2.61 bits per heavy atom. The second-order valence-electron chi connectivity index (χ2n) is 3.84. The topological polar surface area (TPSA) is 49.8 Å². The summed E-state index contributed by atoms with van der Waals surface area (Å²) in [5.41, 5.74) is 1.09. The monoisotopic (exact) mass is 249 g/mol. The smallest absolute Gasteiger partial charge is 0.407 e. The number of carbonyl (C=O) groups is 1. The van der Waals surface area contributed by atoms with Gasteiger partial charge in [0.15, 0.2) is 0 Å². The molecule has 0 saturated heterocycles. The van der Waals surface area contributed by atoms with Crippen LogP contribution in [0.4, 0.5) is 4.79 Å². The van der Waals surface area contributed by atoms with Gasteiger partial charge in [-0.3, -0.25) is 0 Å². The van der Waals surface area contributed by atoms with E-state index >= 15 is 0 Å². The fourth-order valence-electron chi connectivity index (χ4n) is 1.60. The molecule has 0 aliphatic rings. The van der Waals surface area contributed by atoms with Gasteiger partial charge in [-0.05, 0) is 31.0 Å². The standard InChI is InChI=1S/C14H19NO3/c1-3-10-15(14(16)17)11-9-12-5-7-13(8-6-12)18-4-2/h3,5-8H,1,4,9-11H2,2H3,(H,16,17). The maximum atomic E-state index is 10.9. The van der Waals surface area contributed by atoms with Crippen LogP contribution >= 0.6 is 0 Å². The maximum absolute atomic E-state index is 10.9. The van der Waals surface area contributed by atoms with E-state index in [1.165, 1.54) is 4.90 Å². The van der Waals surface area contributed by atoms with Gasteiger partial charge >= 0.3 is 6.09 Å². The average Bonchev–Trinajstić information content (AvgIpc) is 2.36. The fraction of sp³-hybridized carbons (Fsp3) is 0.357. The van der Waals surface area contributed by atoms with Crippen LogP contribution in [0.5, 0.6) is 5.75 Å². The van der Waals surface area contributed by atoms with E-state index in [2.05, 4.69) is 6.58 Å². The molecular formula is C14H19NO3. The lowest BCUT2D eigenvalue weighted by atomic mass is 10.1. The summed E-state index contributed by atoms with van der Waals surface area (Å²) in [4.78, 5) is 12.2. The molecule has 0 fully saturated rings. The Morgan fingerprint density at radius 1 is 1.44 bits per heavy atom. The van der Waals surface area contributed by atoms with Crippen molar-refractivity contribution in [2.24, 2.45) is 0 Å². The van der Waals surface area contributed by atoms with Crippen LogP contribution in [0.3, 0.4) is 0 Å². The van der Waals surface area contributed by atoms with E-state index in [-0.39, 0.29) is 0 Å². The van der Waals surface area contributed by atoms with Gasteiger partial charge in [0.05, 0.1) is 6.61 Å². The van der Waals surface area contributed by atoms with Crippen molar-refractivity contribution in [3.63, 3.8) is 0 Å². The van der Waals surface area contributed by atoms with Crippen molar-refractivity contribution in [3.8, 4) is 5.75 Å². The lowest BCUT2D eigenvalue weighted by Gasteiger charge is -2.17. The Labute approximate surface area is 107 Å². The molecule has 0 atom stereocenters. The molecule has 0 spiro atoms. The minimum absolute atomic E-state index is 0.354. The van der Waals surface area contributed by atoms with E-state index < -0.39 is 6.09 Å². The summed E-state index contributed by atoms with van der Waals surface area (Å²) in [5.74, 6) is 0.836. The molecule has 0 bridgehead atoms. The second kappa shape index (κ2) is 7.37. The van der Waals surface area contributed by atoms with Crippen LogP contribution in [0.1, 0.15) is 12.5 Å². The van der Waals surface area contributed by atoms with Crippen LogP contribution in [0, 0.1) is 0 Å². The SMILES string of the molecule is C=CCN(CCc1ccc(OCC)cc1)C(=O)O. The zero-order valence-corrected chi connectivity index (χ0v) is 10.6. The van der Waals surface area contributed by atoms with Crippen molar-refractivity contribution in [2.75, 3.05) is 19.7 Å². The number of hydrogen-bond acceptors (Lipinski definition) is 2. The third-order valence-electron chi connectivity index (χ3n) is 2.52. The molecule has 0 aliphatic carbocycles. The minimum atomic E-state index is -0.916. The summed E-state index contributed by atoms with van der Waals surface area (Å²) < 4.78 is 5.35. The zero-order chi connectivity index (χ0) is 13.4. The van der Waals surface area contributed by atoms with Gasteiger partial charge in [-0.1, -0.05) is 18.2 Å². The molecule has 1 aromatic carbocycles. The van der Waals surface area contributed by atoms with Gasteiger partial charge < -0.3 is 14.7 Å². The van der Waals surface area contributed by atoms with Gasteiger partial charge in [0.25, 0.3) is 0 Å². The van der Waals surface area contributed by atoms with Crippen LogP contribution < -0.4 is 4.74 Å². The predicted molar refractivity (Wildman–Crippen MR) is 71.1 cm³/mol. The molecule has 18 heavy (non-hydrogen) atoms. The molecule has 0 unspecified atom stereocenters. The van der Waals surface area contributed by atoms with E-state index in [1.807, 2.05) is 31.2 Å². The Hall–Kier alpha value is -1.97. The average molecular weight is 249 g/mol. The van der Waals surface area contributed by atoms with Crippen molar-refractivity contribution < 1.29 is 14.6 Å². The number of benzene rings is 1. The van der Waals surface area contributed by atoms with Crippen LogP contribution in [-0.2, 0) is 6.42 Å². The van der Waals surface area contributed by atoms with Crippen LogP contribution in [0.25, 0.3) is 0 Å². The van der Waals surface area contributed by atoms with Gasteiger partial charge in [0, 0.05) is 13.1 Å². The van der Waals surface area contributed by atoms with E-state index in [0.717, 1.165) is 11.3 Å². The van der Waals surface area contributed by atoms with Crippen molar-refractivity contribution in [3.05, 3.63) is 42.5 Å². The first-order chi connectivity index (χ1) is 8.67. The zero-order valence-electron chi connectivity index (χ0n) is 10.6. The third kappa shape index (κ3) is 4.49. The predicted octanol–water partition coefficient (Wildman–Crippen LogP) is 2.79. The van der Waals surface area contributed by atoms with E-state index in [1.54, 1.807) is 6.08 Å². The highest BCUT2D eigenvalue weighted by Crippen LogP contribution is 2.12. The Balaban J connectivity index is 2.51. The summed E-state index contributed by atoms with van der Waals surface area (Å²) in [6.45, 7) is 6.95. The van der Waals surface area contributed by atoms with E-state index in [0.29, 0.717) is 26.1 Å². The molecule has 0 aliphatic heterocycles. The minimum Gasteiger partial charge on any atom is -0.494 e. The first-order valence-electron chi connectivity index (χ1n) is 5.98. The summed E-state index contributed by atoms with van der Waals surface area (Å²) in [7, 11) is 0. The van der Waals surface area contributed by atoms with Crippen molar-refractivity contribution in [1.29, 1.82) is 0 Å². The molecule has 1 rings (SSSR count). The summed E-state index contributed by atoms with van der Waals surface area (Å²) in [5, 5.41) is 8.95. The molecule has 0 aromatic heterocycles. The molecule has 98 valence electrons. The number of nitrogens with zero attached hydrogens (tertiary/aromatic N) is 1. The van der Waals surface area contributed by atoms with E-state index in [4.69, 9.17) is 9.84 Å². The van der Waals surface area contributed by atoms with Gasteiger partial charge in [-0.15, -0.1) is 6.58 Å². The fourth-order valence-corrected chi connectivity index (χ4v) is 1.60. The largest absolute Gasteiger partial charge is 0.494 e. The van der Waals surface area contributed by atoms with Crippen LogP contribution in [-0.4, -0.2) is 35.8 Å².